The number of hydrazine groups is 1. The number of nitrogens with one attached hydrogen (secondary N) is 2. The molecule has 0 bridgehead atoms. The van der Waals surface area contributed by atoms with Crippen LogP contribution in [0.4, 0.5) is 14.9 Å². The number of urea groups is 1. The fraction of sp³-hybridized carbons (Fsp3) is 0.300. The molecule has 0 atom stereocenters. The molecule has 1 spiro atoms. The number of nitrogens with zero attached hydrogens (tertiary/aromatic N) is 2. The summed E-state index contributed by atoms with van der Waals surface area (Å²) in [6, 6.07) is 10.6. The first-order valence-electron chi connectivity index (χ1n) is 9.38. The van der Waals surface area contributed by atoms with Crippen molar-refractivity contribution in [2.45, 2.75) is 18.5 Å². The van der Waals surface area contributed by atoms with E-state index in [2.05, 4.69) is 10.7 Å². The summed E-state index contributed by atoms with van der Waals surface area (Å²) < 4.78 is 24.1. The van der Waals surface area contributed by atoms with Gasteiger partial charge in [-0.3, -0.25) is 4.79 Å². The van der Waals surface area contributed by atoms with E-state index in [4.69, 9.17) is 9.47 Å². The van der Waals surface area contributed by atoms with Crippen molar-refractivity contribution >= 4 is 17.6 Å². The summed E-state index contributed by atoms with van der Waals surface area (Å²) in [6.07, 6.45) is 1.06. The second-order valence-electron chi connectivity index (χ2n) is 7.30. The maximum atomic E-state index is 13.5. The number of piperidine rings is 1. The van der Waals surface area contributed by atoms with Gasteiger partial charge in [-0.1, -0.05) is 6.07 Å². The van der Waals surface area contributed by atoms with Crippen LogP contribution in [-0.2, 0) is 0 Å². The van der Waals surface area contributed by atoms with Gasteiger partial charge in [0, 0.05) is 31.5 Å². The Hall–Kier alpha value is -3.33. The van der Waals surface area contributed by atoms with Crippen LogP contribution >= 0.6 is 0 Å². The molecule has 150 valence electrons. The van der Waals surface area contributed by atoms with Gasteiger partial charge >= 0.3 is 6.03 Å². The van der Waals surface area contributed by atoms with E-state index >= 15 is 0 Å². The van der Waals surface area contributed by atoms with E-state index in [1.807, 2.05) is 0 Å². The fourth-order valence-electron chi connectivity index (χ4n) is 3.89. The number of hydrogen-bond donors (Lipinski definition) is 2. The standard InChI is InChI=1S/C20H19FN4O4/c21-14-2-1-3-15(11-14)25-19(27)22-20(23-25)6-8-24(9-7-20)18(26)13-4-5-16-17(10-13)29-12-28-16/h1-5,10-11,23H,6-9,12H2,(H,22,27). The number of carbonyl (C=O) groups is 2. The molecule has 2 N–H and O–H groups in total. The molecule has 0 aromatic heterocycles. The molecule has 29 heavy (non-hydrogen) atoms. The summed E-state index contributed by atoms with van der Waals surface area (Å²) in [5, 5.41) is 4.27. The first kappa shape index (κ1) is 17.7. The molecule has 2 aromatic carbocycles. The van der Waals surface area contributed by atoms with E-state index in [0.29, 0.717) is 48.7 Å². The number of benzene rings is 2. The predicted octanol–water partition coefficient (Wildman–Crippen LogP) is 2.22. The third-order valence-electron chi connectivity index (χ3n) is 5.47. The highest BCUT2D eigenvalue weighted by Gasteiger charge is 2.45. The molecule has 0 unspecified atom stereocenters. The molecule has 3 amide bonds. The molecule has 0 radical (unpaired) electrons. The molecule has 2 aromatic rings. The third-order valence-corrected chi connectivity index (χ3v) is 5.47. The zero-order valence-electron chi connectivity index (χ0n) is 15.5. The molecule has 8 nitrogen and oxygen atoms in total. The number of carbonyl (C=O) groups excluding carboxylic acids is 2. The van der Waals surface area contributed by atoms with E-state index in [-0.39, 0.29) is 18.7 Å². The Morgan fingerprint density at radius 2 is 1.86 bits per heavy atom. The van der Waals surface area contributed by atoms with Crippen molar-refractivity contribution in [3.63, 3.8) is 0 Å². The van der Waals surface area contributed by atoms with Gasteiger partial charge in [0.2, 0.25) is 6.79 Å². The van der Waals surface area contributed by atoms with Gasteiger partial charge in [0.15, 0.2) is 11.5 Å². The second-order valence-corrected chi connectivity index (χ2v) is 7.30. The molecule has 3 aliphatic heterocycles. The van der Waals surface area contributed by atoms with Crippen molar-refractivity contribution in [3.05, 3.63) is 53.8 Å². The summed E-state index contributed by atoms with van der Waals surface area (Å²) in [5.74, 6) is 0.695. The Balaban J connectivity index is 1.27. The largest absolute Gasteiger partial charge is 0.454 e. The Labute approximate surface area is 166 Å². The maximum Gasteiger partial charge on any atom is 0.338 e. The van der Waals surface area contributed by atoms with Crippen LogP contribution in [0.2, 0.25) is 0 Å². The van der Waals surface area contributed by atoms with Crippen molar-refractivity contribution < 1.29 is 23.5 Å². The van der Waals surface area contributed by atoms with Crippen LogP contribution in [0.25, 0.3) is 0 Å². The molecular weight excluding hydrogens is 379 g/mol. The number of hydrogen-bond acceptors (Lipinski definition) is 5. The van der Waals surface area contributed by atoms with E-state index in [1.165, 1.54) is 17.1 Å². The van der Waals surface area contributed by atoms with Gasteiger partial charge in [0.25, 0.3) is 5.91 Å². The van der Waals surface area contributed by atoms with Crippen LogP contribution in [0.15, 0.2) is 42.5 Å². The molecule has 9 heteroatoms. The second kappa shape index (κ2) is 6.63. The van der Waals surface area contributed by atoms with Gasteiger partial charge in [0.05, 0.1) is 5.69 Å². The van der Waals surface area contributed by atoms with Gasteiger partial charge in [-0.05, 0) is 36.4 Å². The quantitative estimate of drug-likeness (QED) is 0.811. The van der Waals surface area contributed by atoms with E-state index in [1.54, 1.807) is 35.2 Å². The summed E-state index contributed by atoms with van der Waals surface area (Å²) in [7, 11) is 0. The number of likely N-dealkylation sites (tertiary alicyclic amines) is 1. The lowest BCUT2D eigenvalue weighted by atomic mass is 9.97. The molecule has 5 rings (SSSR count). The number of ether oxygens (including phenoxy) is 2. The highest BCUT2D eigenvalue weighted by atomic mass is 19.1. The minimum Gasteiger partial charge on any atom is -0.454 e. The Kier molecular flexibility index (Phi) is 4.06. The highest BCUT2D eigenvalue weighted by Crippen LogP contribution is 2.33. The average molecular weight is 398 g/mol. The number of halogens is 1. The van der Waals surface area contributed by atoms with Gasteiger partial charge in [-0.2, -0.15) is 0 Å². The van der Waals surface area contributed by atoms with Gasteiger partial charge < -0.3 is 19.7 Å². The molecule has 0 saturated carbocycles. The van der Waals surface area contributed by atoms with Crippen molar-refractivity contribution in [1.82, 2.24) is 15.6 Å². The average Bonchev–Trinajstić information content (AvgIpc) is 3.32. The lowest BCUT2D eigenvalue weighted by Gasteiger charge is -2.38. The molecule has 0 aliphatic carbocycles. The van der Waals surface area contributed by atoms with Crippen LogP contribution in [0, 0.1) is 5.82 Å². The van der Waals surface area contributed by atoms with Crippen molar-refractivity contribution in [2.75, 3.05) is 24.9 Å². The number of rotatable bonds is 2. The van der Waals surface area contributed by atoms with Gasteiger partial charge in [0.1, 0.15) is 11.5 Å². The smallest absolute Gasteiger partial charge is 0.338 e. The summed E-state index contributed by atoms with van der Waals surface area (Å²) in [6.45, 7) is 1.10. The third kappa shape index (κ3) is 3.13. The topological polar surface area (TPSA) is 83.1 Å². The Bertz CT molecular complexity index is 990. The minimum atomic E-state index is -0.658. The van der Waals surface area contributed by atoms with Crippen molar-refractivity contribution in [1.29, 1.82) is 0 Å². The fourth-order valence-corrected chi connectivity index (χ4v) is 3.89. The van der Waals surface area contributed by atoms with Crippen LogP contribution < -0.4 is 25.2 Å². The van der Waals surface area contributed by atoms with Crippen LogP contribution in [0.1, 0.15) is 23.2 Å². The van der Waals surface area contributed by atoms with Crippen LogP contribution in [0.3, 0.4) is 0 Å². The Morgan fingerprint density at radius 3 is 2.66 bits per heavy atom. The summed E-state index contributed by atoms with van der Waals surface area (Å²) >= 11 is 0. The first-order valence-corrected chi connectivity index (χ1v) is 9.38. The number of fused-ring (bicyclic) bond motifs is 1. The maximum absolute atomic E-state index is 13.5. The highest BCUT2D eigenvalue weighted by molar-refractivity contribution is 5.95. The summed E-state index contributed by atoms with van der Waals surface area (Å²) in [4.78, 5) is 27.0. The Morgan fingerprint density at radius 1 is 1.07 bits per heavy atom. The monoisotopic (exact) mass is 398 g/mol. The first-order chi connectivity index (χ1) is 14.0. The molecule has 2 saturated heterocycles. The number of amides is 3. The van der Waals surface area contributed by atoms with Crippen LogP contribution in [-0.4, -0.2) is 42.4 Å². The predicted molar refractivity (Wildman–Crippen MR) is 101 cm³/mol. The van der Waals surface area contributed by atoms with E-state index in [0.717, 1.165) is 0 Å². The zero-order chi connectivity index (χ0) is 20.0. The lowest BCUT2D eigenvalue weighted by Crippen LogP contribution is -2.58. The van der Waals surface area contributed by atoms with E-state index in [9.17, 15) is 14.0 Å². The molecule has 3 aliphatic rings. The van der Waals surface area contributed by atoms with Crippen molar-refractivity contribution in [3.8, 4) is 11.5 Å². The zero-order valence-corrected chi connectivity index (χ0v) is 15.5. The number of anilines is 1. The van der Waals surface area contributed by atoms with E-state index < -0.39 is 11.5 Å². The lowest BCUT2D eigenvalue weighted by molar-refractivity contribution is 0.0640. The van der Waals surface area contributed by atoms with Crippen molar-refractivity contribution in [2.24, 2.45) is 0 Å². The minimum absolute atomic E-state index is 0.0931. The molecule has 3 heterocycles. The van der Waals surface area contributed by atoms with Gasteiger partial charge in [-0.15, -0.1) is 0 Å². The molecular formula is C20H19FN4O4. The molecule has 2 fully saturated rings. The summed E-state index contributed by atoms with van der Waals surface area (Å²) in [5.41, 5.74) is 3.47. The SMILES string of the molecule is O=C(c1ccc2c(c1)OCO2)N1CCC2(CC1)NC(=O)N(c1cccc(F)c1)N2. The normalized spacial score (nSPS) is 19.6. The van der Waals surface area contributed by atoms with Crippen LogP contribution in [0.5, 0.6) is 11.5 Å². The van der Waals surface area contributed by atoms with Gasteiger partial charge in [-0.25, -0.2) is 19.6 Å².